The molecule has 0 amide bonds. The number of hydrogen-bond donors (Lipinski definition) is 3. The zero-order valence-corrected chi connectivity index (χ0v) is 25.3. The van der Waals surface area contributed by atoms with E-state index in [-0.39, 0.29) is 0 Å². The van der Waals surface area contributed by atoms with Crippen LogP contribution in [0.15, 0.2) is 54.7 Å². The molecular formula is C31H40N7O2P. The first-order valence-corrected chi connectivity index (χ1v) is 17.0. The summed E-state index contributed by atoms with van der Waals surface area (Å²) in [5.74, 6) is 1.81. The fourth-order valence-electron chi connectivity index (χ4n) is 6.20. The van der Waals surface area contributed by atoms with E-state index in [2.05, 4.69) is 44.6 Å². The van der Waals surface area contributed by atoms with Gasteiger partial charge in [-0.3, -0.25) is 0 Å². The van der Waals surface area contributed by atoms with Crippen molar-refractivity contribution >= 4 is 52.3 Å². The van der Waals surface area contributed by atoms with E-state index < -0.39 is 7.14 Å². The zero-order chi connectivity index (χ0) is 28.6. The van der Waals surface area contributed by atoms with Crippen molar-refractivity contribution in [3.63, 3.8) is 0 Å². The average molecular weight is 574 g/mol. The van der Waals surface area contributed by atoms with Crippen molar-refractivity contribution in [1.29, 1.82) is 0 Å². The van der Waals surface area contributed by atoms with Gasteiger partial charge in [-0.05, 0) is 94.9 Å². The highest BCUT2D eigenvalue weighted by Crippen LogP contribution is 2.43. The number of nitrogens with one attached hydrogen (secondary N) is 3. The highest BCUT2D eigenvalue weighted by atomic mass is 31.2. The molecule has 1 spiro atoms. The van der Waals surface area contributed by atoms with Crippen LogP contribution >= 0.6 is 7.14 Å². The number of para-hydroxylation sites is 1. The number of anilines is 5. The molecule has 216 valence electrons. The molecule has 9 nitrogen and oxygen atoms in total. The monoisotopic (exact) mass is 573 g/mol. The Morgan fingerprint density at radius 1 is 0.927 bits per heavy atom. The molecule has 2 aromatic carbocycles. The number of fused-ring (bicyclic) bond motifs is 1. The first-order chi connectivity index (χ1) is 19.7. The van der Waals surface area contributed by atoms with Crippen LogP contribution in [0.2, 0.25) is 0 Å². The molecular weight excluding hydrogens is 533 g/mol. The van der Waals surface area contributed by atoms with E-state index in [4.69, 9.17) is 14.7 Å². The summed E-state index contributed by atoms with van der Waals surface area (Å²) in [4.78, 5) is 17.7. The van der Waals surface area contributed by atoms with Crippen LogP contribution in [0.3, 0.4) is 0 Å². The van der Waals surface area contributed by atoms with E-state index >= 15 is 0 Å². The maximum Gasteiger partial charge on any atom is 0.231 e. The lowest BCUT2D eigenvalue weighted by Gasteiger charge is -2.47. The highest BCUT2D eigenvalue weighted by molar-refractivity contribution is 7.70. The minimum Gasteiger partial charge on any atom is -0.494 e. The molecule has 2 aliphatic rings. The average Bonchev–Trinajstić information content (AvgIpc) is 3.44. The number of aromatic nitrogens is 3. The van der Waals surface area contributed by atoms with Crippen molar-refractivity contribution in [2.45, 2.75) is 25.7 Å². The molecule has 0 atom stereocenters. The van der Waals surface area contributed by atoms with E-state index in [1.807, 2.05) is 42.6 Å². The van der Waals surface area contributed by atoms with Gasteiger partial charge in [-0.15, -0.1) is 0 Å². The summed E-state index contributed by atoms with van der Waals surface area (Å²) in [6.07, 6.45) is 6.96. The fraction of sp³-hybridized carbons (Fsp3) is 0.419. The van der Waals surface area contributed by atoms with E-state index in [0.29, 0.717) is 22.8 Å². The van der Waals surface area contributed by atoms with Gasteiger partial charge in [0.05, 0.1) is 23.9 Å². The third kappa shape index (κ3) is 5.79. The molecule has 2 aliphatic heterocycles. The quantitative estimate of drug-likeness (QED) is 0.231. The first kappa shape index (κ1) is 27.6. The predicted molar refractivity (Wildman–Crippen MR) is 170 cm³/mol. The molecule has 0 unspecified atom stereocenters. The van der Waals surface area contributed by atoms with Crippen molar-refractivity contribution < 1.29 is 9.30 Å². The number of H-pyrrole nitrogens is 1. The molecule has 0 saturated carbocycles. The predicted octanol–water partition coefficient (Wildman–Crippen LogP) is 6.01. The number of piperidine rings is 2. The highest BCUT2D eigenvalue weighted by Gasteiger charge is 2.37. The molecule has 41 heavy (non-hydrogen) atoms. The van der Waals surface area contributed by atoms with Crippen LogP contribution in [0.4, 0.5) is 28.8 Å². The van der Waals surface area contributed by atoms with Gasteiger partial charge in [0.25, 0.3) is 0 Å². The summed E-state index contributed by atoms with van der Waals surface area (Å²) in [5, 5.41) is 8.43. The maximum atomic E-state index is 12.9. The Bertz CT molecular complexity index is 1580. The van der Waals surface area contributed by atoms with Crippen molar-refractivity contribution in [2.75, 3.05) is 69.2 Å². The molecule has 2 fully saturated rings. The van der Waals surface area contributed by atoms with Gasteiger partial charge in [0.2, 0.25) is 5.95 Å². The Labute approximate surface area is 242 Å². The second kappa shape index (κ2) is 11.0. The zero-order valence-electron chi connectivity index (χ0n) is 24.4. The minimum absolute atomic E-state index is 0.435. The van der Waals surface area contributed by atoms with Gasteiger partial charge in [0.15, 0.2) is 0 Å². The third-order valence-electron chi connectivity index (χ3n) is 8.82. The van der Waals surface area contributed by atoms with Gasteiger partial charge in [-0.1, -0.05) is 12.1 Å². The molecule has 4 heterocycles. The summed E-state index contributed by atoms with van der Waals surface area (Å²) in [6, 6.07) is 15.9. The van der Waals surface area contributed by atoms with E-state index in [1.165, 1.54) is 44.5 Å². The summed E-state index contributed by atoms with van der Waals surface area (Å²) in [7, 11) is 1.43. The van der Waals surface area contributed by atoms with Gasteiger partial charge in [-0.2, -0.15) is 9.97 Å². The summed E-state index contributed by atoms with van der Waals surface area (Å²) in [5.41, 5.74) is 3.96. The number of ether oxygens (including phenoxy) is 1. The van der Waals surface area contributed by atoms with Crippen LogP contribution < -0.4 is 25.6 Å². The summed E-state index contributed by atoms with van der Waals surface area (Å²) in [6.45, 7) is 8.13. The van der Waals surface area contributed by atoms with Crippen molar-refractivity contribution in [3.05, 3.63) is 54.7 Å². The molecule has 0 radical (unpaired) electrons. The number of hydrogen-bond acceptors (Lipinski definition) is 8. The fourth-order valence-corrected chi connectivity index (χ4v) is 7.36. The number of benzene rings is 2. The molecule has 2 saturated heterocycles. The van der Waals surface area contributed by atoms with Crippen LogP contribution in [-0.2, 0) is 4.57 Å². The normalized spacial score (nSPS) is 17.6. The Morgan fingerprint density at radius 3 is 2.39 bits per heavy atom. The molecule has 2 aromatic heterocycles. The van der Waals surface area contributed by atoms with Gasteiger partial charge >= 0.3 is 0 Å². The van der Waals surface area contributed by atoms with Gasteiger partial charge < -0.3 is 34.7 Å². The standard InChI is InChI=1S/C31H40N7O2P/c1-37-17-12-31(13-18-37)14-19-38(20-15-31)22-9-10-24(26(21-22)40-2)34-30-35-28-23(11-16-32-28)29(36-30)33-25-7-5-6-8-27(25)41(3,4)39/h5-11,16,21H,12-15,17-20H2,1-4H3,(H3,32,33,34,35,36). The molecule has 10 heteroatoms. The second-order valence-corrected chi connectivity index (χ2v) is 15.1. The maximum absolute atomic E-state index is 12.9. The Kier molecular flexibility index (Phi) is 7.43. The Balaban J connectivity index is 1.23. The first-order valence-electron chi connectivity index (χ1n) is 14.4. The number of aromatic amines is 1. The van der Waals surface area contributed by atoms with Crippen LogP contribution in [0.25, 0.3) is 11.0 Å². The van der Waals surface area contributed by atoms with E-state index in [0.717, 1.165) is 40.9 Å². The molecule has 0 aliphatic carbocycles. The molecule has 4 aromatic rings. The van der Waals surface area contributed by atoms with Crippen LogP contribution in [0.5, 0.6) is 5.75 Å². The SMILES string of the molecule is COc1cc(N2CCC3(CCN(C)CC3)CC2)ccc1Nc1nc(Nc2ccccc2P(C)(C)=O)c2cc[nH]c2n1. The number of nitrogens with zero attached hydrogens (tertiary/aromatic N) is 4. The number of likely N-dealkylation sites (tertiary alicyclic amines) is 1. The number of methoxy groups -OCH3 is 1. The van der Waals surface area contributed by atoms with Gasteiger partial charge in [0, 0.05) is 36.3 Å². The van der Waals surface area contributed by atoms with E-state index in [1.54, 1.807) is 20.4 Å². The van der Waals surface area contributed by atoms with Crippen LogP contribution in [0, 0.1) is 5.41 Å². The van der Waals surface area contributed by atoms with Crippen molar-refractivity contribution in [1.82, 2.24) is 19.9 Å². The number of rotatable bonds is 7. The smallest absolute Gasteiger partial charge is 0.231 e. The summed E-state index contributed by atoms with van der Waals surface area (Å²) < 4.78 is 18.8. The molecule has 0 bridgehead atoms. The van der Waals surface area contributed by atoms with Crippen LogP contribution in [0.1, 0.15) is 25.7 Å². The molecule has 6 rings (SSSR count). The second-order valence-electron chi connectivity index (χ2n) is 11.9. The van der Waals surface area contributed by atoms with Crippen molar-refractivity contribution in [3.8, 4) is 5.75 Å². The Morgan fingerprint density at radius 2 is 1.66 bits per heavy atom. The lowest BCUT2D eigenvalue weighted by Crippen LogP contribution is -2.46. The van der Waals surface area contributed by atoms with Gasteiger partial charge in [-0.25, -0.2) is 0 Å². The lowest BCUT2D eigenvalue weighted by atomic mass is 9.71. The van der Waals surface area contributed by atoms with Gasteiger partial charge in [0.1, 0.15) is 24.4 Å². The topological polar surface area (TPSA) is 98.4 Å². The Hall–Kier alpha value is -3.55. The largest absolute Gasteiger partial charge is 0.494 e. The van der Waals surface area contributed by atoms with E-state index in [9.17, 15) is 4.57 Å². The van der Waals surface area contributed by atoms with Crippen molar-refractivity contribution in [2.24, 2.45) is 5.41 Å². The minimum atomic E-state index is -2.50. The van der Waals surface area contributed by atoms with Crippen LogP contribution in [-0.4, -0.2) is 73.5 Å². The molecule has 3 N–H and O–H groups in total. The third-order valence-corrected chi connectivity index (χ3v) is 10.4. The lowest BCUT2D eigenvalue weighted by molar-refractivity contribution is 0.0945. The summed E-state index contributed by atoms with van der Waals surface area (Å²) >= 11 is 0.